The molecule has 0 radical (unpaired) electrons. The second-order valence-corrected chi connectivity index (χ2v) is 5.54. The van der Waals surface area contributed by atoms with Crippen molar-refractivity contribution in [2.45, 2.75) is 46.1 Å². The first kappa shape index (κ1) is 12.4. The Hall–Kier alpha value is -1.09. The zero-order chi connectivity index (χ0) is 12.3. The van der Waals surface area contributed by atoms with Crippen molar-refractivity contribution in [3.63, 3.8) is 0 Å². The van der Waals surface area contributed by atoms with Crippen LogP contribution in [0.3, 0.4) is 0 Å². The largest absolute Gasteiger partial charge is 0.506 e. The minimum Gasteiger partial charge on any atom is -0.506 e. The molecule has 17 heavy (non-hydrogen) atoms. The number of aryl methyl sites for hydroxylation is 1. The van der Waals surface area contributed by atoms with Crippen molar-refractivity contribution >= 4 is 0 Å². The van der Waals surface area contributed by atoms with Gasteiger partial charge in [0.1, 0.15) is 5.75 Å². The quantitative estimate of drug-likeness (QED) is 0.842. The summed E-state index contributed by atoms with van der Waals surface area (Å²) in [6.07, 6.45) is 5.33. The summed E-state index contributed by atoms with van der Waals surface area (Å²) < 4.78 is 0. The molecule has 0 spiro atoms. The summed E-state index contributed by atoms with van der Waals surface area (Å²) in [5, 5.41) is 13.1. The van der Waals surface area contributed by atoms with Gasteiger partial charge in [-0.25, -0.2) is 0 Å². The lowest BCUT2D eigenvalue weighted by Crippen LogP contribution is -2.29. The van der Waals surface area contributed by atoms with Crippen LogP contribution >= 0.6 is 0 Å². The van der Waals surface area contributed by atoms with E-state index < -0.39 is 0 Å². The summed E-state index contributed by atoms with van der Waals surface area (Å²) in [5.74, 6) is 0.291. The number of pyridine rings is 1. The van der Waals surface area contributed by atoms with Gasteiger partial charge in [-0.3, -0.25) is 4.98 Å². The minimum atomic E-state index is 0.291. The Morgan fingerprint density at radius 2 is 2.06 bits per heavy atom. The number of aromatic hydroxyl groups is 1. The van der Waals surface area contributed by atoms with E-state index in [4.69, 9.17) is 0 Å². The van der Waals surface area contributed by atoms with Crippen molar-refractivity contribution in [1.82, 2.24) is 10.3 Å². The molecule has 1 fully saturated rings. The number of aromatic nitrogens is 1. The van der Waals surface area contributed by atoms with Crippen LogP contribution in [0.2, 0.25) is 0 Å². The van der Waals surface area contributed by atoms with E-state index in [0.717, 1.165) is 17.9 Å². The zero-order valence-electron chi connectivity index (χ0n) is 10.8. The van der Waals surface area contributed by atoms with E-state index in [0.29, 0.717) is 17.7 Å². The fraction of sp³-hybridized carbons (Fsp3) is 0.643. The van der Waals surface area contributed by atoms with Crippen LogP contribution in [0.5, 0.6) is 5.75 Å². The maximum absolute atomic E-state index is 9.69. The molecule has 2 rings (SSSR count). The first-order valence-corrected chi connectivity index (χ1v) is 6.45. The summed E-state index contributed by atoms with van der Waals surface area (Å²) in [5.41, 5.74) is 2.15. The van der Waals surface area contributed by atoms with Crippen LogP contribution in [0.25, 0.3) is 0 Å². The number of hydrogen-bond acceptors (Lipinski definition) is 3. The molecule has 0 amide bonds. The minimum absolute atomic E-state index is 0.291. The smallest absolute Gasteiger partial charge is 0.138 e. The highest BCUT2D eigenvalue weighted by molar-refractivity contribution is 5.27. The van der Waals surface area contributed by atoms with E-state index in [9.17, 15) is 5.11 Å². The highest BCUT2D eigenvalue weighted by atomic mass is 16.3. The monoisotopic (exact) mass is 234 g/mol. The predicted molar refractivity (Wildman–Crippen MR) is 68.9 cm³/mol. The third-order valence-corrected chi connectivity index (χ3v) is 3.74. The summed E-state index contributed by atoms with van der Waals surface area (Å²) in [6, 6.07) is 3.55. The average molecular weight is 234 g/mol. The summed E-state index contributed by atoms with van der Waals surface area (Å²) >= 11 is 0. The molecule has 94 valence electrons. The van der Waals surface area contributed by atoms with Gasteiger partial charge in [0.15, 0.2) is 0 Å². The fourth-order valence-electron chi connectivity index (χ4n) is 2.62. The van der Waals surface area contributed by atoms with E-state index >= 15 is 0 Å². The zero-order valence-corrected chi connectivity index (χ0v) is 10.8. The molecule has 2 N–H and O–H groups in total. The lowest BCUT2D eigenvalue weighted by Gasteiger charge is -2.23. The van der Waals surface area contributed by atoms with Gasteiger partial charge in [0.2, 0.25) is 0 Å². The second kappa shape index (κ2) is 5.05. The van der Waals surface area contributed by atoms with Gasteiger partial charge in [0.05, 0.1) is 5.69 Å². The predicted octanol–water partition coefficient (Wildman–Crippen LogP) is 2.77. The Balaban J connectivity index is 1.87. The molecule has 1 aromatic heterocycles. The van der Waals surface area contributed by atoms with Crippen molar-refractivity contribution in [2.24, 2.45) is 5.41 Å². The van der Waals surface area contributed by atoms with E-state index in [2.05, 4.69) is 17.2 Å². The summed E-state index contributed by atoms with van der Waals surface area (Å²) in [6.45, 7) is 5.96. The van der Waals surface area contributed by atoms with Gasteiger partial charge in [0.25, 0.3) is 0 Å². The molecule has 1 saturated carbocycles. The molecule has 0 atom stereocenters. The Bertz CT molecular complexity index is 384. The van der Waals surface area contributed by atoms with Crippen molar-refractivity contribution in [3.05, 3.63) is 23.5 Å². The van der Waals surface area contributed by atoms with Crippen molar-refractivity contribution in [2.75, 3.05) is 6.54 Å². The molecule has 3 heteroatoms. The van der Waals surface area contributed by atoms with E-state index in [1.165, 1.54) is 25.7 Å². The summed E-state index contributed by atoms with van der Waals surface area (Å²) in [4.78, 5) is 4.35. The Morgan fingerprint density at radius 3 is 2.76 bits per heavy atom. The summed E-state index contributed by atoms with van der Waals surface area (Å²) in [7, 11) is 0. The molecular weight excluding hydrogens is 212 g/mol. The SMILES string of the molecule is Cc1ccc(O)c(CNCC2(C)CCCC2)n1. The maximum Gasteiger partial charge on any atom is 0.138 e. The molecule has 3 nitrogen and oxygen atoms in total. The molecule has 1 aliphatic rings. The topological polar surface area (TPSA) is 45.1 Å². The molecule has 1 heterocycles. The average Bonchev–Trinajstić information content (AvgIpc) is 2.71. The first-order valence-electron chi connectivity index (χ1n) is 6.45. The Kier molecular flexibility index (Phi) is 3.67. The van der Waals surface area contributed by atoms with E-state index in [1.54, 1.807) is 6.07 Å². The number of hydrogen-bond donors (Lipinski definition) is 2. The lowest BCUT2D eigenvalue weighted by atomic mass is 9.89. The molecule has 0 aromatic carbocycles. The fourth-order valence-corrected chi connectivity index (χ4v) is 2.62. The first-order chi connectivity index (χ1) is 8.09. The van der Waals surface area contributed by atoms with Crippen LogP contribution in [0.4, 0.5) is 0 Å². The number of rotatable bonds is 4. The lowest BCUT2D eigenvalue weighted by molar-refractivity contribution is 0.312. The van der Waals surface area contributed by atoms with Gasteiger partial charge in [-0.05, 0) is 37.3 Å². The third-order valence-electron chi connectivity index (χ3n) is 3.74. The molecule has 0 bridgehead atoms. The Labute approximate surface area is 103 Å². The van der Waals surface area contributed by atoms with Gasteiger partial charge >= 0.3 is 0 Å². The number of nitrogens with zero attached hydrogens (tertiary/aromatic N) is 1. The number of nitrogens with one attached hydrogen (secondary N) is 1. The maximum atomic E-state index is 9.69. The molecule has 0 aliphatic heterocycles. The van der Waals surface area contributed by atoms with Crippen molar-refractivity contribution < 1.29 is 5.11 Å². The Morgan fingerprint density at radius 1 is 1.35 bits per heavy atom. The standard InChI is InChI=1S/C14H22N2O/c1-11-5-6-13(17)12(16-11)9-15-10-14(2)7-3-4-8-14/h5-6,15,17H,3-4,7-10H2,1-2H3. The highest BCUT2D eigenvalue weighted by Crippen LogP contribution is 2.36. The van der Waals surface area contributed by atoms with Crippen LogP contribution in [0.1, 0.15) is 44.0 Å². The van der Waals surface area contributed by atoms with E-state index in [1.807, 2.05) is 13.0 Å². The van der Waals surface area contributed by atoms with Crippen LogP contribution < -0.4 is 5.32 Å². The van der Waals surface area contributed by atoms with E-state index in [-0.39, 0.29) is 0 Å². The van der Waals surface area contributed by atoms with Gasteiger partial charge in [-0.15, -0.1) is 0 Å². The van der Waals surface area contributed by atoms with Crippen LogP contribution in [-0.2, 0) is 6.54 Å². The van der Waals surface area contributed by atoms with Gasteiger partial charge < -0.3 is 10.4 Å². The molecule has 1 aliphatic carbocycles. The van der Waals surface area contributed by atoms with Crippen molar-refractivity contribution in [3.8, 4) is 5.75 Å². The van der Waals surface area contributed by atoms with Crippen LogP contribution in [-0.4, -0.2) is 16.6 Å². The van der Waals surface area contributed by atoms with Crippen LogP contribution in [0.15, 0.2) is 12.1 Å². The highest BCUT2D eigenvalue weighted by Gasteiger charge is 2.27. The van der Waals surface area contributed by atoms with Crippen LogP contribution in [0, 0.1) is 12.3 Å². The van der Waals surface area contributed by atoms with Crippen molar-refractivity contribution in [1.29, 1.82) is 0 Å². The second-order valence-electron chi connectivity index (χ2n) is 5.54. The molecule has 0 saturated heterocycles. The third kappa shape index (κ3) is 3.19. The van der Waals surface area contributed by atoms with Gasteiger partial charge in [-0.2, -0.15) is 0 Å². The van der Waals surface area contributed by atoms with Gasteiger partial charge in [-0.1, -0.05) is 19.8 Å². The molecule has 0 unspecified atom stereocenters. The molecular formula is C14H22N2O. The molecule has 1 aromatic rings. The normalized spacial score (nSPS) is 18.5. The van der Waals surface area contributed by atoms with Gasteiger partial charge in [0, 0.05) is 18.8 Å².